The number of pyridine rings is 1. The van der Waals surface area contributed by atoms with Crippen LogP contribution in [0, 0.1) is 0 Å². The molecule has 1 amide bonds. The van der Waals surface area contributed by atoms with Crippen molar-refractivity contribution in [1.82, 2.24) is 4.98 Å². The van der Waals surface area contributed by atoms with Crippen molar-refractivity contribution in [2.24, 2.45) is 0 Å². The van der Waals surface area contributed by atoms with Gasteiger partial charge in [-0.05, 0) is 12.1 Å². The number of hydrogen-bond acceptors (Lipinski definition) is 2. The van der Waals surface area contributed by atoms with Crippen molar-refractivity contribution in [3.05, 3.63) is 23.4 Å². The van der Waals surface area contributed by atoms with Crippen molar-refractivity contribution in [2.75, 3.05) is 5.32 Å². The fourth-order valence-electron chi connectivity index (χ4n) is 0.681. The molecule has 0 aromatic carbocycles. The van der Waals surface area contributed by atoms with Gasteiger partial charge in [0.05, 0.1) is 5.02 Å². The number of aromatic nitrogens is 1. The SMILES string of the molecule is CCC(=O)Nc1ccc(Cl)cn1. The van der Waals surface area contributed by atoms with Crippen LogP contribution in [0.2, 0.25) is 5.02 Å². The van der Waals surface area contributed by atoms with E-state index < -0.39 is 0 Å². The number of carbonyl (C=O) groups is 1. The highest BCUT2D eigenvalue weighted by atomic mass is 35.5. The molecule has 1 heterocycles. The van der Waals surface area contributed by atoms with Gasteiger partial charge in [0.2, 0.25) is 5.91 Å². The van der Waals surface area contributed by atoms with Crippen LogP contribution in [-0.2, 0) is 4.79 Å². The first-order valence-electron chi connectivity index (χ1n) is 3.63. The van der Waals surface area contributed by atoms with E-state index in [9.17, 15) is 4.79 Å². The van der Waals surface area contributed by atoms with Crippen molar-refractivity contribution < 1.29 is 4.79 Å². The lowest BCUT2D eigenvalue weighted by Gasteiger charge is -2.00. The van der Waals surface area contributed by atoms with E-state index in [1.807, 2.05) is 0 Å². The van der Waals surface area contributed by atoms with Crippen molar-refractivity contribution in [1.29, 1.82) is 0 Å². The summed E-state index contributed by atoms with van der Waals surface area (Å²) in [6, 6.07) is 3.34. The van der Waals surface area contributed by atoms with E-state index in [2.05, 4.69) is 10.3 Å². The van der Waals surface area contributed by atoms with Gasteiger partial charge in [0.1, 0.15) is 5.82 Å². The molecule has 0 saturated heterocycles. The van der Waals surface area contributed by atoms with E-state index >= 15 is 0 Å². The second kappa shape index (κ2) is 4.07. The summed E-state index contributed by atoms with van der Waals surface area (Å²) in [5, 5.41) is 3.17. The predicted octanol–water partition coefficient (Wildman–Crippen LogP) is 2.08. The Balaban J connectivity index is 2.64. The summed E-state index contributed by atoms with van der Waals surface area (Å²) in [5.41, 5.74) is 0. The highest BCUT2D eigenvalue weighted by Gasteiger charge is 1.98. The van der Waals surface area contributed by atoms with E-state index in [0.717, 1.165) is 0 Å². The van der Waals surface area contributed by atoms with Gasteiger partial charge < -0.3 is 5.32 Å². The van der Waals surface area contributed by atoms with Crippen LogP contribution < -0.4 is 5.32 Å². The van der Waals surface area contributed by atoms with E-state index in [0.29, 0.717) is 17.3 Å². The van der Waals surface area contributed by atoms with Gasteiger partial charge >= 0.3 is 0 Å². The molecular weight excluding hydrogens is 176 g/mol. The zero-order valence-corrected chi connectivity index (χ0v) is 7.43. The topological polar surface area (TPSA) is 42.0 Å². The van der Waals surface area contributed by atoms with Crippen molar-refractivity contribution in [3.63, 3.8) is 0 Å². The average Bonchev–Trinajstić information content (AvgIpc) is 2.09. The lowest BCUT2D eigenvalue weighted by Crippen LogP contribution is -2.10. The Labute approximate surface area is 75.8 Å². The largest absolute Gasteiger partial charge is 0.311 e. The van der Waals surface area contributed by atoms with Crippen LogP contribution in [0.25, 0.3) is 0 Å². The molecule has 0 atom stereocenters. The molecule has 64 valence electrons. The highest BCUT2D eigenvalue weighted by Crippen LogP contribution is 2.09. The van der Waals surface area contributed by atoms with E-state index in [1.165, 1.54) is 6.20 Å². The van der Waals surface area contributed by atoms with Gasteiger partial charge in [0.25, 0.3) is 0 Å². The number of carbonyl (C=O) groups excluding carboxylic acids is 1. The van der Waals surface area contributed by atoms with Gasteiger partial charge in [0.15, 0.2) is 0 Å². The molecule has 0 aliphatic heterocycles. The third kappa shape index (κ3) is 2.51. The molecule has 0 aliphatic carbocycles. The van der Waals surface area contributed by atoms with Crippen LogP contribution in [0.15, 0.2) is 18.3 Å². The molecule has 0 saturated carbocycles. The molecule has 4 heteroatoms. The Morgan fingerprint density at radius 2 is 2.42 bits per heavy atom. The minimum absolute atomic E-state index is 0.0511. The van der Waals surface area contributed by atoms with Gasteiger partial charge in [-0.1, -0.05) is 18.5 Å². The number of anilines is 1. The third-order valence-electron chi connectivity index (χ3n) is 1.32. The summed E-state index contributed by atoms with van der Waals surface area (Å²) >= 11 is 5.61. The summed E-state index contributed by atoms with van der Waals surface area (Å²) in [5.74, 6) is 0.482. The molecule has 3 nitrogen and oxygen atoms in total. The fraction of sp³-hybridized carbons (Fsp3) is 0.250. The van der Waals surface area contributed by atoms with Crippen LogP contribution >= 0.6 is 11.6 Å². The van der Waals surface area contributed by atoms with Crippen LogP contribution in [-0.4, -0.2) is 10.9 Å². The second-order valence-electron chi connectivity index (χ2n) is 2.26. The van der Waals surface area contributed by atoms with Gasteiger partial charge in [-0.2, -0.15) is 0 Å². The number of rotatable bonds is 2. The van der Waals surface area contributed by atoms with Crippen molar-refractivity contribution in [2.45, 2.75) is 13.3 Å². The molecule has 12 heavy (non-hydrogen) atoms. The monoisotopic (exact) mass is 184 g/mol. The molecule has 1 aromatic heterocycles. The lowest BCUT2D eigenvalue weighted by atomic mass is 10.4. The molecule has 1 aromatic rings. The zero-order chi connectivity index (χ0) is 8.97. The van der Waals surface area contributed by atoms with Crippen LogP contribution in [0.5, 0.6) is 0 Å². The molecule has 0 aliphatic rings. The average molecular weight is 185 g/mol. The summed E-state index contributed by atoms with van der Waals surface area (Å²) in [6.07, 6.45) is 1.94. The Hall–Kier alpha value is -1.09. The van der Waals surface area contributed by atoms with Gasteiger partial charge in [0, 0.05) is 12.6 Å². The van der Waals surface area contributed by atoms with Crippen molar-refractivity contribution >= 4 is 23.3 Å². The van der Waals surface area contributed by atoms with Crippen LogP contribution in [0.4, 0.5) is 5.82 Å². The van der Waals surface area contributed by atoms with Gasteiger partial charge in [-0.25, -0.2) is 4.98 Å². The Bertz CT molecular complexity index is 271. The van der Waals surface area contributed by atoms with E-state index in [1.54, 1.807) is 19.1 Å². The zero-order valence-electron chi connectivity index (χ0n) is 6.67. The van der Waals surface area contributed by atoms with E-state index in [-0.39, 0.29) is 5.91 Å². The molecule has 0 bridgehead atoms. The molecule has 0 fully saturated rings. The third-order valence-corrected chi connectivity index (χ3v) is 1.54. The van der Waals surface area contributed by atoms with Crippen molar-refractivity contribution in [3.8, 4) is 0 Å². The van der Waals surface area contributed by atoms with Gasteiger partial charge in [-0.3, -0.25) is 4.79 Å². The number of hydrogen-bond donors (Lipinski definition) is 1. The molecule has 0 radical (unpaired) electrons. The summed E-state index contributed by atoms with van der Waals surface area (Å²) in [4.78, 5) is 14.8. The predicted molar refractivity (Wildman–Crippen MR) is 48.2 cm³/mol. The normalized spacial score (nSPS) is 9.50. The highest BCUT2D eigenvalue weighted by molar-refractivity contribution is 6.30. The minimum atomic E-state index is -0.0511. The number of amides is 1. The minimum Gasteiger partial charge on any atom is -0.311 e. The Morgan fingerprint density at radius 1 is 1.67 bits per heavy atom. The number of nitrogens with zero attached hydrogens (tertiary/aromatic N) is 1. The smallest absolute Gasteiger partial charge is 0.225 e. The Morgan fingerprint density at radius 3 is 2.92 bits per heavy atom. The maximum Gasteiger partial charge on any atom is 0.225 e. The molecule has 0 spiro atoms. The summed E-state index contributed by atoms with van der Waals surface area (Å²) in [7, 11) is 0. The lowest BCUT2D eigenvalue weighted by molar-refractivity contribution is -0.115. The first-order chi connectivity index (χ1) is 5.72. The first kappa shape index (κ1) is 9.00. The number of halogens is 1. The van der Waals surface area contributed by atoms with Gasteiger partial charge in [-0.15, -0.1) is 0 Å². The standard InChI is InChI=1S/C8H9ClN2O/c1-2-8(12)11-7-4-3-6(9)5-10-7/h3-5H,2H2,1H3,(H,10,11,12). The quantitative estimate of drug-likeness (QED) is 0.765. The maximum atomic E-state index is 10.9. The van der Waals surface area contributed by atoms with Crippen LogP contribution in [0.3, 0.4) is 0 Å². The molecule has 1 rings (SSSR count). The fourth-order valence-corrected chi connectivity index (χ4v) is 0.793. The number of nitrogens with one attached hydrogen (secondary N) is 1. The second-order valence-corrected chi connectivity index (χ2v) is 2.70. The molecule has 0 unspecified atom stereocenters. The summed E-state index contributed by atoms with van der Waals surface area (Å²) < 4.78 is 0. The Kier molecular flexibility index (Phi) is 3.05. The van der Waals surface area contributed by atoms with Crippen LogP contribution in [0.1, 0.15) is 13.3 Å². The maximum absolute atomic E-state index is 10.9. The summed E-state index contributed by atoms with van der Waals surface area (Å²) in [6.45, 7) is 1.78. The molecule has 1 N–H and O–H groups in total. The van der Waals surface area contributed by atoms with E-state index in [4.69, 9.17) is 11.6 Å². The first-order valence-corrected chi connectivity index (χ1v) is 4.01. The molecular formula is C8H9ClN2O.